The molecule has 1 aromatic heterocycles. The number of rotatable bonds is 4. The number of anilines is 1. The summed E-state index contributed by atoms with van der Waals surface area (Å²) >= 11 is 0. The smallest absolute Gasteiger partial charge is 0.239 e. The molecular weight excluding hydrogens is 240 g/mol. The molecule has 0 bridgehead atoms. The maximum absolute atomic E-state index is 11.4. The fourth-order valence-electron chi connectivity index (χ4n) is 2.00. The third-order valence-corrected chi connectivity index (χ3v) is 3.02. The number of pyridine rings is 1. The van der Waals surface area contributed by atoms with E-state index in [1.807, 2.05) is 42.3 Å². The maximum Gasteiger partial charge on any atom is 0.239 e. The van der Waals surface area contributed by atoms with Crippen LogP contribution in [0.5, 0.6) is 0 Å². The third kappa shape index (κ3) is 2.82. The van der Waals surface area contributed by atoms with Crippen LogP contribution in [0, 0.1) is 0 Å². The number of hydrogen-bond acceptors (Lipinski definition) is 4. The molecule has 0 atom stereocenters. The van der Waals surface area contributed by atoms with E-state index in [2.05, 4.69) is 10.3 Å². The largest absolute Gasteiger partial charge is 0.358 e. The number of hydrogen-bond donors (Lipinski definition) is 2. The second-order valence-electron chi connectivity index (χ2n) is 4.40. The van der Waals surface area contributed by atoms with Gasteiger partial charge in [0.05, 0.1) is 12.1 Å². The van der Waals surface area contributed by atoms with Crippen LogP contribution in [0.4, 0.5) is 5.82 Å². The zero-order chi connectivity index (χ0) is 13.8. The number of carbonyl (C=O) groups excluding carboxylic acids is 1. The van der Waals surface area contributed by atoms with E-state index in [4.69, 9.17) is 5.73 Å². The van der Waals surface area contributed by atoms with Crippen LogP contribution in [-0.4, -0.2) is 31.5 Å². The highest BCUT2D eigenvalue weighted by Crippen LogP contribution is 2.22. The Bertz CT molecular complexity index is 597. The standard InChI is InChI=1S/C14H18N4O/c1-16-13(19)9-18(2)14-11(8-15)7-10-5-3-4-6-12(10)17-14/h3-7H,8-9,15H2,1-2H3,(H,16,19). The molecule has 0 radical (unpaired) electrons. The van der Waals surface area contributed by atoms with Crippen molar-refractivity contribution >= 4 is 22.6 Å². The Hall–Kier alpha value is -2.14. The van der Waals surface area contributed by atoms with Crippen molar-refractivity contribution in [2.75, 3.05) is 25.5 Å². The van der Waals surface area contributed by atoms with Crippen molar-refractivity contribution in [2.24, 2.45) is 5.73 Å². The van der Waals surface area contributed by atoms with Crippen LogP contribution in [0.1, 0.15) is 5.56 Å². The van der Waals surface area contributed by atoms with E-state index < -0.39 is 0 Å². The van der Waals surface area contributed by atoms with Crippen LogP contribution in [-0.2, 0) is 11.3 Å². The lowest BCUT2D eigenvalue weighted by Gasteiger charge is -2.20. The summed E-state index contributed by atoms with van der Waals surface area (Å²) in [5.74, 6) is 0.699. The maximum atomic E-state index is 11.4. The lowest BCUT2D eigenvalue weighted by molar-refractivity contribution is -0.119. The molecule has 1 aromatic carbocycles. The normalized spacial score (nSPS) is 10.5. The van der Waals surface area contributed by atoms with Gasteiger partial charge in [-0.1, -0.05) is 18.2 Å². The highest BCUT2D eigenvalue weighted by Gasteiger charge is 2.12. The number of nitrogens with one attached hydrogen (secondary N) is 1. The van der Waals surface area contributed by atoms with Crippen molar-refractivity contribution in [3.8, 4) is 0 Å². The summed E-state index contributed by atoms with van der Waals surface area (Å²) in [4.78, 5) is 17.9. The van der Waals surface area contributed by atoms with Crippen LogP contribution in [0.25, 0.3) is 10.9 Å². The van der Waals surface area contributed by atoms with Crippen LogP contribution in [0.2, 0.25) is 0 Å². The molecule has 0 aliphatic rings. The molecule has 100 valence electrons. The molecule has 0 saturated carbocycles. The lowest BCUT2D eigenvalue weighted by atomic mass is 10.1. The SMILES string of the molecule is CNC(=O)CN(C)c1nc2ccccc2cc1CN. The minimum Gasteiger partial charge on any atom is -0.358 e. The number of nitrogens with two attached hydrogens (primary N) is 1. The molecule has 0 aliphatic carbocycles. The molecule has 0 fully saturated rings. The molecule has 5 heteroatoms. The first kappa shape index (κ1) is 13.3. The van der Waals surface area contributed by atoms with E-state index in [-0.39, 0.29) is 12.5 Å². The van der Waals surface area contributed by atoms with Crippen molar-refractivity contribution in [1.82, 2.24) is 10.3 Å². The fraction of sp³-hybridized carbons (Fsp3) is 0.286. The Balaban J connectivity index is 2.42. The number of nitrogens with zero attached hydrogens (tertiary/aromatic N) is 2. The van der Waals surface area contributed by atoms with Crippen molar-refractivity contribution < 1.29 is 4.79 Å². The van der Waals surface area contributed by atoms with Gasteiger partial charge in [0, 0.05) is 31.6 Å². The Morgan fingerprint density at radius 1 is 1.42 bits per heavy atom. The van der Waals surface area contributed by atoms with Gasteiger partial charge in [-0.05, 0) is 12.1 Å². The summed E-state index contributed by atoms with van der Waals surface area (Å²) in [6.45, 7) is 0.653. The number of likely N-dealkylation sites (N-methyl/N-ethyl adjacent to an activating group) is 2. The summed E-state index contributed by atoms with van der Waals surface area (Å²) in [7, 11) is 3.46. The second kappa shape index (κ2) is 5.67. The lowest BCUT2D eigenvalue weighted by Crippen LogP contribution is -2.34. The van der Waals surface area contributed by atoms with Crippen molar-refractivity contribution in [1.29, 1.82) is 0 Å². The van der Waals surface area contributed by atoms with E-state index in [9.17, 15) is 4.79 Å². The van der Waals surface area contributed by atoms with Crippen LogP contribution in [0.3, 0.4) is 0 Å². The Kier molecular flexibility index (Phi) is 3.97. The zero-order valence-electron chi connectivity index (χ0n) is 11.2. The van der Waals surface area contributed by atoms with Gasteiger partial charge in [0.15, 0.2) is 0 Å². The van der Waals surface area contributed by atoms with Gasteiger partial charge in [0.1, 0.15) is 5.82 Å². The van der Waals surface area contributed by atoms with Crippen LogP contribution < -0.4 is 16.0 Å². The molecule has 2 aromatic rings. The Morgan fingerprint density at radius 2 is 2.16 bits per heavy atom. The molecule has 2 rings (SSSR count). The number of para-hydroxylation sites is 1. The first-order valence-electron chi connectivity index (χ1n) is 6.16. The summed E-state index contributed by atoms with van der Waals surface area (Å²) in [6, 6.07) is 9.90. The zero-order valence-corrected chi connectivity index (χ0v) is 11.2. The minimum absolute atomic E-state index is 0.0552. The van der Waals surface area contributed by atoms with E-state index in [1.165, 1.54) is 0 Å². The predicted molar refractivity (Wildman–Crippen MR) is 77.0 cm³/mol. The van der Waals surface area contributed by atoms with E-state index in [0.717, 1.165) is 22.3 Å². The molecule has 5 nitrogen and oxygen atoms in total. The average molecular weight is 258 g/mol. The van der Waals surface area contributed by atoms with E-state index in [0.29, 0.717) is 6.54 Å². The molecule has 1 heterocycles. The molecule has 0 saturated heterocycles. The van der Waals surface area contributed by atoms with Crippen LogP contribution >= 0.6 is 0 Å². The molecule has 3 N–H and O–H groups in total. The topological polar surface area (TPSA) is 71.2 Å². The molecule has 0 spiro atoms. The summed E-state index contributed by atoms with van der Waals surface area (Å²) in [5, 5.41) is 3.66. The van der Waals surface area contributed by atoms with Gasteiger partial charge < -0.3 is 16.0 Å². The van der Waals surface area contributed by atoms with E-state index in [1.54, 1.807) is 7.05 Å². The molecule has 0 unspecified atom stereocenters. The highest BCUT2D eigenvalue weighted by molar-refractivity contribution is 5.84. The number of fused-ring (bicyclic) bond motifs is 1. The summed E-state index contributed by atoms with van der Waals surface area (Å²) in [6.07, 6.45) is 0. The number of amides is 1. The third-order valence-electron chi connectivity index (χ3n) is 3.02. The van der Waals surface area contributed by atoms with E-state index >= 15 is 0 Å². The summed E-state index contributed by atoms with van der Waals surface area (Å²) in [5.41, 5.74) is 7.61. The van der Waals surface area contributed by atoms with Crippen molar-refractivity contribution in [2.45, 2.75) is 6.54 Å². The van der Waals surface area contributed by atoms with Gasteiger partial charge in [-0.25, -0.2) is 4.98 Å². The average Bonchev–Trinajstić information content (AvgIpc) is 2.45. The van der Waals surface area contributed by atoms with Gasteiger partial charge in [-0.15, -0.1) is 0 Å². The number of carbonyl (C=O) groups is 1. The molecule has 1 amide bonds. The minimum atomic E-state index is -0.0552. The molecular formula is C14H18N4O. The predicted octanol–water partition coefficient (Wildman–Crippen LogP) is 0.876. The van der Waals surface area contributed by atoms with Crippen molar-refractivity contribution in [3.05, 3.63) is 35.9 Å². The Morgan fingerprint density at radius 3 is 2.84 bits per heavy atom. The monoisotopic (exact) mass is 258 g/mol. The van der Waals surface area contributed by atoms with Gasteiger partial charge >= 0.3 is 0 Å². The Labute approximate surface area is 112 Å². The molecule has 19 heavy (non-hydrogen) atoms. The quantitative estimate of drug-likeness (QED) is 0.854. The first-order chi connectivity index (χ1) is 9.15. The summed E-state index contributed by atoms with van der Waals surface area (Å²) < 4.78 is 0. The van der Waals surface area contributed by atoms with Gasteiger partial charge in [0.2, 0.25) is 5.91 Å². The van der Waals surface area contributed by atoms with Gasteiger partial charge in [-0.3, -0.25) is 4.79 Å². The highest BCUT2D eigenvalue weighted by atomic mass is 16.1. The number of benzene rings is 1. The van der Waals surface area contributed by atoms with Gasteiger partial charge in [0.25, 0.3) is 0 Å². The number of aromatic nitrogens is 1. The second-order valence-corrected chi connectivity index (χ2v) is 4.40. The first-order valence-corrected chi connectivity index (χ1v) is 6.16. The van der Waals surface area contributed by atoms with Gasteiger partial charge in [-0.2, -0.15) is 0 Å². The molecule has 0 aliphatic heterocycles. The van der Waals surface area contributed by atoms with Crippen molar-refractivity contribution in [3.63, 3.8) is 0 Å². The fourth-order valence-corrected chi connectivity index (χ4v) is 2.00. The van der Waals surface area contributed by atoms with Crippen LogP contribution in [0.15, 0.2) is 30.3 Å².